The summed E-state index contributed by atoms with van der Waals surface area (Å²) >= 11 is 0. The van der Waals surface area contributed by atoms with Gasteiger partial charge in [0.2, 0.25) is 15.9 Å². The number of rotatable bonds is 9. The van der Waals surface area contributed by atoms with Gasteiger partial charge in [0.25, 0.3) is 0 Å². The van der Waals surface area contributed by atoms with Crippen LogP contribution in [-0.4, -0.2) is 39.8 Å². The predicted octanol–water partition coefficient (Wildman–Crippen LogP) is 3.44. The molecule has 1 amide bonds. The highest BCUT2D eigenvalue weighted by atomic mass is 32.2. The van der Waals surface area contributed by atoms with Crippen LogP contribution in [0.2, 0.25) is 0 Å². The highest BCUT2D eigenvalue weighted by molar-refractivity contribution is 7.92. The van der Waals surface area contributed by atoms with Crippen LogP contribution in [0, 0.1) is 11.6 Å². The van der Waals surface area contributed by atoms with Crippen LogP contribution >= 0.6 is 0 Å². The van der Waals surface area contributed by atoms with Crippen LogP contribution in [0.4, 0.5) is 14.5 Å². The number of sulfonamides is 1. The Bertz CT molecular complexity index is 996. The number of amides is 1. The van der Waals surface area contributed by atoms with Gasteiger partial charge in [-0.3, -0.25) is 9.10 Å². The molecule has 0 spiro atoms. The lowest BCUT2D eigenvalue weighted by molar-refractivity contribution is -0.121. The first kappa shape index (κ1) is 23.6. The maximum Gasteiger partial charge on any atom is 0.243 e. The van der Waals surface area contributed by atoms with Crippen LogP contribution < -0.4 is 14.4 Å². The lowest BCUT2D eigenvalue weighted by Crippen LogP contribution is -2.48. The lowest BCUT2D eigenvalue weighted by Gasteiger charge is -2.28. The van der Waals surface area contributed by atoms with E-state index in [2.05, 4.69) is 5.32 Å². The van der Waals surface area contributed by atoms with E-state index < -0.39 is 33.6 Å². The summed E-state index contributed by atoms with van der Waals surface area (Å²) in [6.45, 7) is 5.79. The lowest BCUT2D eigenvalue weighted by atomic mass is 10.0. The third-order valence-electron chi connectivity index (χ3n) is 4.45. The molecule has 2 aromatic carbocycles. The van der Waals surface area contributed by atoms with Crippen molar-refractivity contribution in [2.24, 2.45) is 0 Å². The zero-order valence-corrected chi connectivity index (χ0v) is 18.2. The molecule has 0 saturated heterocycles. The van der Waals surface area contributed by atoms with E-state index in [4.69, 9.17) is 4.74 Å². The summed E-state index contributed by atoms with van der Waals surface area (Å²) in [7, 11) is -3.93. The summed E-state index contributed by atoms with van der Waals surface area (Å²) in [5.74, 6) is -1.91. The second-order valence-corrected chi connectivity index (χ2v) is 9.02. The van der Waals surface area contributed by atoms with Gasteiger partial charge in [0, 0.05) is 6.07 Å². The minimum atomic E-state index is -3.93. The van der Waals surface area contributed by atoms with Crippen molar-refractivity contribution in [1.82, 2.24) is 5.32 Å². The Morgan fingerprint density at radius 2 is 1.77 bits per heavy atom. The summed E-state index contributed by atoms with van der Waals surface area (Å²) in [5.41, 5.74) is 0.903. The number of anilines is 1. The van der Waals surface area contributed by atoms with Gasteiger partial charge < -0.3 is 10.1 Å². The number of hydrogen-bond acceptors (Lipinski definition) is 4. The van der Waals surface area contributed by atoms with E-state index in [0.29, 0.717) is 5.75 Å². The van der Waals surface area contributed by atoms with E-state index in [1.807, 2.05) is 38.1 Å². The van der Waals surface area contributed by atoms with Gasteiger partial charge in [-0.05, 0) is 36.6 Å². The van der Waals surface area contributed by atoms with Crippen LogP contribution in [0.25, 0.3) is 0 Å². The van der Waals surface area contributed by atoms with Gasteiger partial charge in [-0.15, -0.1) is 0 Å². The molecule has 0 heterocycles. The number of halogens is 2. The number of carbonyl (C=O) groups excluding carboxylic acids is 1. The first-order valence-electron chi connectivity index (χ1n) is 9.46. The molecule has 164 valence electrons. The van der Waals surface area contributed by atoms with Gasteiger partial charge in [-0.1, -0.05) is 32.0 Å². The smallest absolute Gasteiger partial charge is 0.243 e. The van der Waals surface area contributed by atoms with Crippen molar-refractivity contribution in [1.29, 1.82) is 0 Å². The zero-order chi connectivity index (χ0) is 22.5. The van der Waals surface area contributed by atoms with Gasteiger partial charge in [-0.25, -0.2) is 17.2 Å². The van der Waals surface area contributed by atoms with Gasteiger partial charge in [0.15, 0.2) is 11.6 Å². The number of para-hydroxylation sites is 1. The zero-order valence-electron chi connectivity index (χ0n) is 17.4. The Hall–Kier alpha value is -2.68. The summed E-state index contributed by atoms with van der Waals surface area (Å²) < 4.78 is 57.7. The quantitative estimate of drug-likeness (QED) is 0.606. The van der Waals surface area contributed by atoms with Crippen molar-refractivity contribution in [3.8, 4) is 5.75 Å². The van der Waals surface area contributed by atoms with Gasteiger partial charge in [-0.2, -0.15) is 0 Å². The van der Waals surface area contributed by atoms with E-state index in [1.165, 1.54) is 6.92 Å². The second-order valence-electron chi connectivity index (χ2n) is 7.17. The molecule has 2 aromatic rings. The monoisotopic (exact) mass is 440 g/mol. The molecule has 0 radical (unpaired) electrons. The van der Waals surface area contributed by atoms with E-state index in [1.54, 1.807) is 0 Å². The molecule has 1 N–H and O–H groups in total. The van der Waals surface area contributed by atoms with Gasteiger partial charge >= 0.3 is 0 Å². The molecule has 0 aliphatic carbocycles. The third kappa shape index (κ3) is 5.91. The number of hydrogen-bond donors (Lipinski definition) is 1. The van der Waals surface area contributed by atoms with Crippen molar-refractivity contribution < 1.29 is 26.7 Å². The molecule has 0 aliphatic rings. The third-order valence-corrected chi connectivity index (χ3v) is 5.69. The Kier molecular flexibility index (Phi) is 7.77. The fourth-order valence-corrected chi connectivity index (χ4v) is 4.17. The highest BCUT2D eigenvalue weighted by Crippen LogP contribution is 2.26. The number of benzene rings is 2. The average molecular weight is 441 g/mol. The van der Waals surface area contributed by atoms with E-state index in [0.717, 1.165) is 34.3 Å². The van der Waals surface area contributed by atoms with Crippen molar-refractivity contribution in [2.75, 3.05) is 23.7 Å². The topological polar surface area (TPSA) is 75.7 Å². The largest absolute Gasteiger partial charge is 0.491 e. The molecule has 6 nitrogen and oxygen atoms in total. The highest BCUT2D eigenvalue weighted by Gasteiger charge is 2.29. The van der Waals surface area contributed by atoms with Gasteiger partial charge in [0.1, 0.15) is 18.4 Å². The molecular formula is C21H26F2N2O4S. The van der Waals surface area contributed by atoms with E-state index >= 15 is 0 Å². The first-order chi connectivity index (χ1) is 14.0. The molecule has 0 saturated carbocycles. The maximum atomic E-state index is 13.6. The molecule has 0 unspecified atom stereocenters. The molecule has 9 heteroatoms. The summed E-state index contributed by atoms with van der Waals surface area (Å²) in [6.07, 6.45) is 0.893. The summed E-state index contributed by atoms with van der Waals surface area (Å²) in [6, 6.07) is 9.07. The van der Waals surface area contributed by atoms with Crippen LogP contribution in [0.1, 0.15) is 32.3 Å². The molecular weight excluding hydrogens is 414 g/mol. The standard InChI is InChI=1S/C21H26F2N2O4S/c1-14(2)17-7-5-6-8-20(17)29-12-11-24-21(26)15(3)25(30(4,27)28)16-9-10-18(22)19(23)13-16/h5-10,13-15H,11-12H2,1-4H3,(H,24,26)/t15-/m0/s1. The van der Waals surface area contributed by atoms with Crippen molar-refractivity contribution in [3.63, 3.8) is 0 Å². The molecule has 0 aromatic heterocycles. The molecule has 0 fully saturated rings. The Morgan fingerprint density at radius 3 is 2.37 bits per heavy atom. The molecule has 1 atom stereocenters. The van der Waals surface area contributed by atoms with Crippen LogP contribution in [-0.2, 0) is 14.8 Å². The first-order valence-corrected chi connectivity index (χ1v) is 11.3. The SMILES string of the molecule is CC(C)c1ccccc1OCCNC(=O)[C@H](C)N(c1ccc(F)c(F)c1)S(C)(=O)=O. The normalized spacial score (nSPS) is 12.5. The predicted molar refractivity (Wildman–Crippen MR) is 112 cm³/mol. The molecule has 0 bridgehead atoms. The Balaban J connectivity index is 2.03. The minimum absolute atomic E-state index is 0.138. The van der Waals surface area contributed by atoms with Crippen molar-refractivity contribution in [2.45, 2.75) is 32.7 Å². The second kappa shape index (κ2) is 9.88. The van der Waals surface area contributed by atoms with Gasteiger partial charge in [0.05, 0.1) is 18.5 Å². The average Bonchev–Trinajstić information content (AvgIpc) is 2.67. The molecule has 0 aliphatic heterocycles. The van der Waals surface area contributed by atoms with Crippen LogP contribution in [0.3, 0.4) is 0 Å². The minimum Gasteiger partial charge on any atom is -0.491 e. The van der Waals surface area contributed by atoms with Crippen LogP contribution in [0.5, 0.6) is 5.75 Å². The number of nitrogens with zero attached hydrogens (tertiary/aromatic N) is 1. The molecule has 30 heavy (non-hydrogen) atoms. The molecule has 2 rings (SSSR count). The van der Waals surface area contributed by atoms with Crippen molar-refractivity contribution >= 4 is 21.6 Å². The maximum absolute atomic E-state index is 13.6. The Morgan fingerprint density at radius 1 is 1.10 bits per heavy atom. The fraction of sp³-hybridized carbons (Fsp3) is 0.381. The number of nitrogens with one attached hydrogen (secondary N) is 1. The van der Waals surface area contributed by atoms with Crippen molar-refractivity contribution in [3.05, 3.63) is 59.7 Å². The summed E-state index contributed by atoms with van der Waals surface area (Å²) in [4.78, 5) is 12.5. The Labute approximate surface area is 175 Å². The summed E-state index contributed by atoms with van der Waals surface area (Å²) in [5, 5.41) is 2.61. The fourth-order valence-electron chi connectivity index (χ4n) is 3.00. The number of ether oxygens (including phenoxy) is 1. The van der Waals surface area contributed by atoms with E-state index in [-0.39, 0.29) is 24.8 Å². The van der Waals surface area contributed by atoms with E-state index in [9.17, 15) is 22.0 Å². The number of carbonyl (C=O) groups is 1. The van der Waals surface area contributed by atoms with Crippen LogP contribution in [0.15, 0.2) is 42.5 Å².